The molecule has 5 heteroatoms. The Hall–Kier alpha value is -3.83. The molecule has 30 heavy (non-hydrogen) atoms. The number of nitrogens with zero attached hydrogens (tertiary/aromatic N) is 5. The molecule has 0 atom stereocenters. The topological polar surface area (TPSA) is 85.7 Å². The van der Waals surface area contributed by atoms with Crippen LogP contribution < -0.4 is 0 Å². The lowest BCUT2D eigenvalue weighted by Crippen LogP contribution is -2.29. The average Bonchev–Trinajstić information content (AvgIpc) is 2.96. The van der Waals surface area contributed by atoms with E-state index in [9.17, 15) is 10.5 Å². The van der Waals surface area contributed by atoms with Crippen molar-refractivity contribution >= 4 is 5.71 Å². The van der Waals surface area contributed by atoms with Crippen molar-refractivity contribution in [3.05, 3.63) is 82.7 Å². The summed E-state index contributed by atoms with van der Waals surface area (Å²) in [6.45, 7) is 0. The monoisotopic (exact) mass is 389 g/mol. The van der Waals surface area contributed by atoms with Gasteiger partial charge in [0.25, 0.3) is 0 Å². The van der Waals surface area contributed by atoms with Gasteiger partial charge in [-0.1, -0.05) is 24.3 Å². The van der Waals surface area contributed by atoms with E-state index in [1.165, 1.54) is 16.7 Å². The molecule has 3 aromatic rings. The molecule has 0 N–H and O–H groups in total. The van der Waals surface area contributed by atoms with Crippen LogP contribution in [0.2, 0.25) is 0 Å². The Morgan fingerprint density at radius 1 is 0.867 bits per heavy atom. The van der Waals surface area contributed by atoms with Crippen LogP contribution in [0.25, 0.3) is 11.1 Å². The maximum Gasteiger partial charge on any atom is 0.205 e. The van der Waals surface area contributed by atoms with Gasteiger partial charge in [-0.25, -0.2) is 0 Å². The highest BCUT2D eigenvalue weighted by atomic mass is 15.1. The van der Waals surface area contributed by atoms with E-state index in [2.05, 4.69) is 45.7 Å². The van der Waals surface area contributed by atoms with Crippen LogP contribution in [0, 0.1) is 28.2 Å². The number of fused-ring (bicyclic) bond motifs is 2. The van der Waals surface area contributed by atoms with Crippen LogP contribution in [-0.4, -0.2) is 15.9 Å². The molecule has 0 saturated heterocycles. The van der Waals surface area contributed by atoms with Crippen LogP contribution in [0.15, 0.2) is 59.9 Å². The van der Waals surface area contributed by atoms with E-state index in [1.54, 1.807) is 6.07 Å². The molecule has 5 nitrogen and oxygen atoms in total. The quantitative estimate of drug-likeness (QED) is 0.577. The molecule has 1 spiro atoms. The zero-order chi connectivity index (χ0) is 20.6. The number of aryl methyl sites for hydroxylation is 2. The minimum absolute atomic E-state index is 0.135. The number of hydrogen-bond acceptors (Lipinski definition) is 5. The third-order valence-electron chi connectivity index (χ3n) is 6.54. The molecule has 0 aliphatic heterocycles. The van der Waals surface area contributed by atoms with Crippen molar-refractivity contribution in [1.29, 1.82) is 10.5 Å². The fourth-order valence-electron chi connectivity index (χ4n) is 4.97. The summed E-state index contributed by atoms with van der Waals surface area (Å²) >= 11 is 0. The number of benzene rings is 2. The van der Waals surface area contributed by atoms with Gasteiger partial charge in [0.15, 0.2) is 0 Å². The van der Waals surface area contributed by atoms with Gasteiger partial charge in [0.05, 0.1) is 29.7 Å². The minimum Gasteiger partial charge on any atom is -0.192 e. The molecule has 0 bridgehead atoms. The maximum absolute atomic E-state index is 9.47. The first-order chi connectivity index (χ1) is 14.7. The molecular formula is C25H19N5. The minimum atomic E-state index is -0.135. The van der Waals surface area contributed by atoms with Gasteiger partial charge in [-0.3, -0.25) is 0 Å². The van der Waals surface area contributed by atoms with Gasteiger partial charge < -0.3 is 0 Å². The molecule has 5 rings (SSSR count). The number of nitriles is 2. The first-order valence-corrected chi connectivity index (χ1v) is 10.1. The summed E-state index contributed by atoms with van der Waals surface area (Å²) in [6.07, 6.45) is 10.4. The predicted octanol–water partition coefficient (Wildman–Crippen LogP) is 4.41. The maximum atomic E-state index is 9.47. The molecule has 2 aromatic carbocycles. The smallest absolute Gasteiger partial charge is 0.192 e. The van der Waals surface area contributed by atoms with Crippen molar-refractivity contribution in [2.24, 2.45) is 10.4 Å². The van der Waals surface area contributed by atoms with E-state index in [1.807, 2.05) is 30.6 Å². The molecule has 0 fully saturated rings. The van der Waals surface area contributed by atoms with Crippen molar-refractivity contribution in [2.75, 3.05) is 0 Å². The lowest BCUT2D eigenvalue weighted by Gasteiger charge is -2.28. The Morgan fingerprint density at radius 2 is 1.60 bits per heavy atom. The molecule has 0 unspecified atom stereocenters. The molecule has 2 aliphatic carbocycles. The Bertz CT molecular complexity index is 1230. The normalized spacial score (nSPS) is 17.6. The first kappa shape index (κ1) is 18.2. The Balaban J connectivity index is 1.56. The zero-order valence-corrected chi connectivity index (χ0v) is 16.5. The largest absolute Gasteiger partial charge is 0.205 e. The summed E-state index contributed by atoms with van der Waals surface area (Å²) in [5.41, 5.74) is 8.27. The highest BCUT2D eigenvalue weighted by Gasteiger charge is 2.44. The van der Waals surface area contributed by atoms with Gasteiger partial charge in [0.1, 0.15) is 0 Å². The standard InChI is InChI=1S/C25H19N5/c26-13-17-2-1-3-18(10-17)19-4-5-20-12-25(24(28-16-27)23(20)11-19)8-6-21-14-29-30-15-22(21)7-9-25/h1-5,10-11,14-15H,6-9,12H2/b28-24+. The first-order valence-electron chi connectivity index (χ1n) is 10.1. The average molecular weight is 389 g/mol. The summed E-state index contributed by atoms with van der Waals surface area (Å²) in [4.78, 5) is 4.35. The highest BCUT2D eigenvalue weighted by molar-refractivity contribution is 6.10. The molecule has 0 radical (unpaired) electrons. The molecule has 144 valence electrons. The third-order valence-corrected chi connectivity index (χ3v) is 6.54. The van der Waals surface area contributed by atoms with Crippen molar-refractivity contribution in [2.45, 2.75) is 32.1 Å². The SMILES string of the molecule is N#C/N=C1\c2cc(-c3cccc(C#N)c3)ccc2CC12CCc1cnncc1CC2. The summed E-state index contributed by atoms with van der Waals surface area (Å²) in [5.74, 6) is 0. The lowest BCUT2D eigenvalue weighted by atomic mass is 9.76. The van der Waals surface area contributed by atoms with Crippen LogP contribution in [0.1, 0.15) is 40.7 Å². The highest BCUT2D eigenvalue weighted by Crippen LogP contribution is 2.47. The molecule has 1 aromatic heterocycles. The van der Waals surface area contributed by atoms with E-state index in [4.69, 9.17) is 0 Å². The van der Waals surface area contributed by atoms with E-state index < -0.39 is 0 Å². The van der Waals surface area contributed by atoms with E-state index >= 15 is 0 Å². The van der Waals surface area contributed by atoms with Crippen LogP contribution in [0.3, 0.4) is 0 Å². The van der Waals surface area contributed by atoms with Crippen LogP contribution in [-0.2, 0) is 19.3 Å². The number of aliphatic imine (C=N–C) groups is 1. The van der Waals surface area contributed by atoms with Gasteiger partial charge >= 0.3 is 0 Å². The summed E-state index contributed by atoms with van der Waals surface area (Å²) < 4.78 is 0. The van der Waals surface area contributed by atoms with Gasteiger partial charge in [-0.15, -0.1) is 0 Å². The molecular weight excluding hydrogens is 370 g/mol. The number of rotatable bonds is 1. The Labute approximate surface area is 175 Å². The fourth-order valence-corrected chi connectivity index (χ4v) is 4.97. The Morgan fingerprint density at radius 3 is 2.30 bits per heavy atom. The fraction of sp³-hybridized carbons (Fsp3) is 0.240. The number of aromatic nitrogens is 2. The van der Waals surface area contributed by atoms with E-state index in [0.29, 0.717) is 5.56 Å². The van der Waals surface area contributed by atoms with Crippen LogP contribution in [0.5, 0.6) is 0 Å². The zero-order valence-electron chi connectivity index (χ0n) is 16.5. The van der Waals surface area contributed by atoms with Crippen LogP contribution in [0.4, 0.5) is 0 Å². The molecule has 1 heterocycles. The van der Waals surface area contributed by atoms with Gasteiger partial charge in [-0.05, 0) is 78.1 Å². The number of hydrogen-bond donors (Lipinski definition) is 0. The van der Waals surface area contributed by atoms with Gasteiger partial charge in [-0.2, -0.15) is 25.7 Å². The predicted molar refractivity (Wildman–Crippen MR) is 114 cm³/mol. The summed E-state index contributed by atoms with van der Waals surface area (Å²) in [5, 5.41) is 26.8. The van der Waals surface area contributed by atoms with E-state index in [-0.39, 0.29) is 5.41 Å². The second kappa shape index (κ2) is 7.21. The van der Waals surface area contributed by atoms with Gasteiger partial charge in [0, 0.05) is 11.0 Å². The molecule has 0 saturated carbocycles. The lowest BCUT2D eigenvalue weighted by molar-refractivity contribution is 0.376. The third kappa shape index (κ3) is 2.96. The molecule has 0 amide bonds. The Kier molecular flexibility index (Phi) is 4.38. The van der Waals surface area contributed by atoms with Gasteiger partial charge in [0.2, 0.25) is 6.19 Å². The van der Waals surface area contributed by atoms with Crippen molar-refractivity contribution in [1.82, 2.24) is 10.2 Å². The molecule has 2 aliphatic rings. The van der Waals surface area contributed by atoms with Crippen LogP contribution >= 0.6 is 0 Å². The summed E-state index contributed by atoms with van der Waals surface area (Å²) in [7, 11) is 0. The second-order valence-electron chi connectivity index (χ2n) is 8.12. The van der Waals surface area contributed by atoms with Crippen molar-refractivity contribution < 1.29 is 0 Å². The summed E-state index contributed by atoms with van der Waals surface area (Å²) in [6, 6.07) is 16.2. The second-order valence-corrected chi connectivity index (χ2v) is 8.12. The van der Waals surface area contributed by atoms with Crippen molar-refractivity contribution in [3.63, 3.8) is 0 Å². The van der Waals surface area contributed by atoms with Crippen molar-refractivity contribution in [3.8, 4) is 23.4 Å². The van der Waals surface area contributed by atoms with E-state index in [0.717, 1.165) is 54.5 Å².